The lowest BCUT2D eigenvalue weighted by atomic mass is 10.0. The second-order valence-corrected chi connectivity index (χ2v) is 3.68. The highest BCUT2D eigenvalue weighted by atomic mass is 19.4. The molecule has 0 aliphatic heterocycles. The van der Waals surface area contributed by atoms with E-state index in [1.807, 2.05) is 13.8 Å². The third kappa shape index (κ3) is 3.23. The molecule has 0 heterocycles. The zero-order valence-corrected chi connectivity index (χ0v) is 8.60. The molecule has 0 aliphatic rings. The number of benzene rings is 1. The van der Waals surface area contributed by atoms with Gasteiger partial charge in [-0.05, 0) is 30.5 Å². The Morgan fingerprint density at radius 2 is 1.80 bits per heavy atom. The quantitative estimate of drug-likeness (QED) is 0.809. The van der Waals surface area contributed by atoms with E-state index in [2.05, 4.69) is 0 Å². The van der Waals surface area contributed by atoms with E-state index in [4.69, 9.17) is 5.11 Å². The van der Waals surface area contributed by atoms with Crippen molar-refractivity contribution in [2.45, 2.75) is 32.5 Å². The van der Waals surface area contributed by atoms with Gasteiger partial charge in [0.1, 0.15) is 0 Å². The Bertz CT molecular complexity index is 344. The summed E-state index contributed by atoms with van der Waals surface area (Å²) in [5.41, 5.74) is 2.46. The maximum atomic E-state index is 12.1. The van der Waals surface area contributed by atoms with E-state index in [1.54, 1.807) is 18.2 Å². The minimum absolute atomic E-state index is 0.384. The summed E-state index contributed by atoms with van der Waals surface area (Å²) in [7, 11) is 0. The monoisotopic (exact) mass is 218 g/mol. The predicted molar refractivity (Wildman–Crippen MR) is 51.7 cm³/mol. The van der Waals surface area contributed by atoms with Gasteiger partial charge in [-0.2, -0.15) is 13.2 Å². The number of aryl methyl sites for hydroxylation is 2. The van der Waals surface area contributed by atoms with Gasteiger partial charge in [0.25, 0.3) is 0 Å². The summed E-state index contributed by atoms with van der Waals surface area (Å²) in [5.74, 6) is 0. The van der Waals surface area contributed by atoms with E-state index >= 15 is 0 Å². The molecule has 0 aliphatic carbocycles. The Labute approximate surface area is 86.5 Å². The Kier molecular flexibility index (Phi) is 3.39. The smallest absolute Gasteiger partial charge is 0.383 e. The van der Waals surface area contributed by atoms with E-state index in [1.165, 1.54) is 0 Å². The third-order valence-electron chi connectivity index (χ3n) is 2.38. The molecule has 1 aromatic carbocycles. The van der Waals surface area contributed by atoms with Gasteiger partial charge in [-0.3, -0.25) is 0 Å². The number of alkyl halides is 3. The minimum atomic E-state index is -4.54. The Morgan fingerprint density at radius 1 is 1.20 bits per heavy atom. The fourth-order valence-electron chi connectivity index (χ4n) is 1.27. The highest BCUT2D eigenvalue weighted by molar-refractivity contribution is 5.30. The van der Waals surface area contributed by atoms with Crippen LogP contribution in [0, 0.1) is 13.8 Å². The van der Waals surface area contributed by atoms with Crippen LogP contribution in [0.15, 0.2) is 18.2 Å². The van der Waals surface area contributed by atoms with Gasteiger partial charge in [-0.1, -0.05) is 18.2 Å². The second-order valence-electron chi connectivity index (χ2n) is 3.68. The maximum absolute atomic E-state index is 12.1. The average molecular weight is 218 g/mol. The van der Waals surface area contributed by atoms with E-state index in [9.17, 15) is 13.2 Å². The van der Waals surface area contributed by atoms with Crippen molar-refractivity contribution in [1.82, 2.24) is 0 Å². The lowest BCUT2D eigenvalue weighted by Crippen LogP contribution is -2.30. The molecule has 0 bridgehead atoms. The first-order chi connectivity index (χ1) is 6.80. The summed E-state index contributed by atoms with van der Waals surface area (Å²) in [6, 6.07) is 5.04. The molecule has 0 spiro atoms. The summed E-state index contributed by atoms with van der Waals surface area (Å²) in [5, 5.41) is 8.87. The van der Waals surface area contributed by atoms with Gasteiger partial charge < -0.3 is 5.11 Å². The Hall–Kier alpha value is -1.03. The fraction of sp³-hybridized carbons (Fsp3) is 0.455. The van der Waals surface area contributed by atoms with Crippen molar-refractivity contribution >= 4 is 0 Å². The lowest BCUT2D eigenvalue weighted by molar-refractivity contribution is -0.203. The summed E-state index contributed by atoms with van der Waals surface area (Å²) in [4.78, 5) is 0. The van der Waals surface area contributed by atoms with Crippen LogP contribution in [0.3, 0.4) is 0 Å². The molecule has 1 N–H and O–H groups in total. The van der Waals surface area contributed by atoms with Crippen molar-refractivity contribution in [1.29, 1.82) is 0 Å². The fourth-order valence-corrected chi connectivity index (χ4v) is 1.27. The van der Waals surface area contributed by atoms with Gasteiger partial charge in [-0.25, -0.2) is 0 Å². The van der Waals surface area contributed by atoms with Crippen LogP contribution in [-0.2, 0) is 6.42 Å². The lowest BCUT2D eigenvalue weighted by Gasteiger charge is -2.14. The molecule has 0 saturated carbocycles. The van der Waals surface area contributed by atoms with Crippen molar-refractivity contribution in [3.8, 4) is 0 Å². The first kappa shape index (κ1) is 12.0. The van der Waals surface area contributed by atoms with Crippen LogP contribution >= 0.6 is 0 Å². The SMILES string of the molecule is Cc1ccc(CC(O)C(F)(F)F)cc1C. The van der Waals surface area contributed by atoms with E-state index in [0.29, 0.717) is 5.56 Å². The number of rotatable bonds is 2. The Morgan fingerprint density at radius 3 is 2.27 bits per heavy atom. The van der Waals surface area contributed by atoms with Crippen molar-refractivity contribution in [3.05, 3.63) is 34.9 Å². The highest BCUT2D eigenvalue weighted by Crippen LogP contribution is 2.23. The molecule has 1 nitrogen and oxygen atoms in total. The molecule has 15 heavy (non-hydrogen) atoms. The molecule has 4 heteroatoms. The van der Waals surface area contributed by atoms with Gasteiger partial charge >= 0.3 is 6.18 Å². The van der Waals surface area contributed by atoms with Crippen LogP contribution < -0.4 is 0 Å². The van der Waals surface area contributed by atoms with Crippen LogP contribution in [0.25, 0.3) is 0 Å². The molecule has 0 amide bonds. The molecular weight excluding hydrogens is 205 g/mol. The Balaban J connectivity index is 2.78. The third-order valence-corrected chi connectivity index (χ3v) is 2.38. The molecule has 1 atom stereocenters. The predicted octanol–water partition coefficient (Wildman–Crippen LogP) is 2.77. The van der Waals surface area contributed by atoms with Crippen molar-refractivity contribution in [2.24, 2.45) is 0 Å². The van der Waals surface area contributed by atoms with E-state index in [-0.39, 0.29) is 6.42 Å². The van der Waals surface area contributed by atoms with Gasteiger partial charge in [-0.15, -0.1) is 0 Å². The highest BCUT2D eigenvalue weighted by Gasteiger charge is 2.37. The van der Waals surface area contributed by atoms with E-state index in [0.717, 1.165) is 11.1 Å². The molecule has 0 fully saturated rings. The van der Waals surface area contributed by atoms with Gasteiger partial charge in [0.15, 0.2) is 6.10 Å². The minimum Gasteiger partial charge on any atom is -0.383 e. The van der Waals surface area contributed by atoms with Crippen molar-refractivity contribution < 1.29 is 18.3 Å². The van der Waals surface area contributed by atoms with Gasteiger partial charge in [0.05, 0.1) is 0 Å². The normalized spacial score (nSPS) is 14.0. The molecule has 84 valence electrons. The van der Waals surface area contributed by atoms with Crippen LogP contribution in [0.5, 0.6) is 0 Å². The van der Waals surface area contributed by atoms with Crippen LogP contribution in [0.1, 0.15) is 16.7 Å². The summed E-state index contributed by atoms with van der Waals surface area (Å²) in [6.07, 6.45) is -7.21. The molecule has 0 saturated heterocycles. The molecular formula is C11H13F3O. The molecule has 0 aromatic heterocycles. The van der Waals surface area contributed by atoms with Gasteiger partial charge in [0, 0.05) is 6.42 Å². The first-order valence-electron chi connectivity index (χ1n) is 4.61. The summed E-state index contributed by atoms with van der Waals surface area (Å²) < 4.78 is 36.2. The number of hydrogen-bond acceptors (Lipinski definition) is 1. The molecule has 1 unspecified atom stereocenters. The zero-order valence-electron chi connectivity index (χ0n) is 8.60. The first-order valence-corrected chi connectivity index (χ1v) is 4.61. The second kappa shape index (κ2) is 4.23. The van der Waals surface area contributed by atoms with E-state index < -0.39 is 12.3 Å². The number of hydrogen-bond donors (Lipinski definition) is 1. The summed E-state index contributed by atoms with van der Waals surface area (Å²) >= 11 is 0. The topological polar surface area (TPSA) is 20.2 Å². The number of aliphatic hydroxyl groups excluding tert-OH is 1. The number of aliphatic hydroxyl groups is 1. The molecule has 1 rings (SSSR count). The van der Waals surface area contributed by atoms with Crippen LogP contribution in [0.2, 0.25) is 0 Å². The molecule has 0 radical (unpaired) electrons. The largest absolute Gasteiger partial charge is 0.414 e. The van der Waals surface area contributed by atoms with Crippen molar-refractivity contribution in [3.63, 3.8) is 0 Å². The molecule has 1 aromatic rings. The zero-order chi connectivity index (χ0) is 11.6. The number of halogens is 3. The van der Waals surface area contributed by atoms with Crippen molar-refractivity contribution in [2.75, 3.05) is 0 Å². The van der Waals surface area contributed by atoms with Crippen LogP contribution in [0.4, 0.5) is 13.2 Å². The van der Waals surface area contributed by atoms with Crippen LogP contribution in [-0.4, -0.2) is 17.4 Å². The van der Waals surface area contributed by atoms with Gasteiger partial charge in [0.2, 0.25) is 0 Å². The maximum Gasteiger partial charge on any atom is 0.414 e. The standard InChI is InChI=1S/C11H13F3O/c1-7-3-4-9(5-8(7)2)6-10(15)11(12,13)14/h3-5,10,15H,6H2,1-2H3. The summed E-state index contributed by atoms with van der Waals surface area (Å²) in [6.45, 7) is 3.72. The average Bonchev–Trinajstić information content (AvgIpc) is 2.10.